The molecule has 0 fully saturated rings. The number of carbonyl (C=O) groups excluding carboxylic acids is 1. The molecule has 128 valence electrons. The van der Waals surface area contributed by atoms with Gasteiger partial charge in [-0.15, -0.1) is 0 Å². The second-order valence-corrected chi connectivity index (χ2v) is 5.96. The fourth-order valence-electron chi connectivity index (χ4n) is 2.49. The molecule has 3 rings (SSSR count). The summed E-state index contributed by atoms with van der Waals surface area (Å²) in [5, 5.41) is 0.503. The highest BCUT2D eigenvalue weighted by molar-refractivity contribution is 5.90. The summed E-state index contributed by atoms with van der Waals surface area (Å²) in [5.74, 6) is -0.146. The number of carbonyl (C=O) groups is 1. The maximum atomic E-state index is 12.4. The Morgan fingerprint density at radius 1 is 1.16 bits per heavy atom. The number of aromatic nitrogens is 2. The molecule has 0 unspecified atom stereocenters. The van der Waals surface area contributed by atoms with Crippen LogP contribution in [0.3, 0.4) is 0 Å². The number of ether oxygens (including phenoxy) is 1. The lowest BCUT2D eigenvalue weighted by Gasteiger charge is -2.15. The van der Waals surface area contributed by atoms with Crippen molar-refractivity contribution in [2.75, 3.05) is 19.0 Å². The molecule has 0 saturated carbocycles. The first-order valence-corrected chi connectivity index (χ1v) is 7.93. The Balaban J connectivity index is 1.84. The van der Waals surface area contributed by atoms with Crippen molar-refractivity contribution in [1.82, 2.24) is 9.97 Å². The van der Waals surface area contributed by atoms with Gasteiger partial charge >= 0.3 is 5.97 Å². The van der Waals surface area contributed by atoms with E-state index in [1.165, 1.54) is 0 Å². The van der Waals surface area contributed by atoms with Gasteiger partial charge in [-0.2, -0.15) is 0 Å². The zero-order chi connectivity index (χ0) is 18.0. The van der Waals surface area contributed by atoms with E-state index in [-0.39, 0.29) is 5.56 Å². The highest BCUT2D eigenvalue weighted by atomic mass is 16.5. The minimum absolute atomic E-state index is 0.252. The van der Waals surface area contributed by atoms with Crippen molar-refractivity contribution in [3.8, 4) is 0 Å². The second kappa shape index (κ2) is 6.76. The van der Waals surface area contributed by atoms with Gasteiger partial charge in [-0.25, -0.2) is 9.78 Å². The second-order valence-electron chi connectivity index (χ2n) is 5.96. The van der Waals surface area contributed by atoms with Crippen molar-refractivity contribution < 1.29 is 9.53 Å². The molecular weight excluding hydrogens is 318 g/mol. The predicted molar refractivity (Wildman–Crippen MR) is 97.0 cm³/mol. The number of hydrogen-bond donors (Lipinski definition) is 1. The number of anilines is 1. The molecule has 0 amide bonds. The van der Waals surface area contributed by atoms with E-state index in [2.05, 4.69) is 9.97 Å². The molecule has 0 aliphatic rings. The summed E-state index contributed by atoms with van der Waals surface area (Å²) in [5.41, 5.74) is 1.66. The molecule has 1 aromatic heterocycles. The summed E-state index contributed by atoms with van der Waals surface area (Å²) in [4.78, 5) is 33.5. The lowest BCUT2D eigenvalue weighted by molar-refractivity contribution is 0.0320. The van der Waals surface area contributed by atoms with Gasteiger partial charge in [0.15, 0.2) is 11.9 Å². The van der Waals surface area contributed by atoms with Gasteiger partial charge in [0.05, 0.1) is 16.5 Å². The van der Waals surface area contributed by atoms with Gasteiger partial charge in [0.2, 0.25) is 0 Å². The summed E-state index contributed by atoms with van der Waals surface area (Å²) in [6.45, 7) is 1.68. The third kappa shape index (κ3) is 3.52. The van der Waals surface area contributed by atoms with Crippen molar-refractivity contribution >= 4 is 22.6 Å². The van der Waals surface area contributed by atoms with Crippen LogP contribution in [0, 0.1) is 0 Å². The predicted octanol–water partition coefficient (Wildman–Crippen LogP) is 2.91. The third-order valence-corrected chi connectivity index (χ3v) is 3.90. The highest BCUT2D eigenvalue weighted by Gasteiger charge is 2.17. The monoisotopic (exact) mass is 337 g/mol. The van der Waals surface area contributed by atoms with Gasteiger partial charge in [-0.05, 0) is 37.3 Å². The average Bonchev–Trinajstić information content (AvgIpc) is 2.61. The molecule has 0 aliphatic heterocycles. The molecule has 6 heteroatoms. The van der Waals surface area contributed by atoms with Gasteiger partial charge < -0.3 is 14.6 Å². The summed E-state index contributed by atoms with van der Waals surface area (Å²) in [7, 11) is 3.80. The average molecular weight is 337 g/mol. The number of nitrogens with one attached hydrogen (secondary N) is 1. The Morgan fingerprint density at radius 2 is 1.92 bits per heavy atom. The van der Waals surface area contributed by atoms with Crippen LogP contribution in [0.2, 0.25) is 0 Å². The van der Waals surface area contributed by atoms with Crippen LogP contribution in [0.15, 0.2) is 53.3 Å². The molecule has 0 aliphatic carbocycles. The van der Waals surface area contributed by atoms with Crippen LogP contribution in [0.1, 0.15) is 29.2 Å². The first kappa shape index (κ1) is 16.7. The summed E-state index contributed by atoms with van der Waals surface area (Å²) >= 11 is 0. The van der Waals surface area contributed by atoms with Crippen molar-refractivity contribution in [2.24, 2.45) is 0 Å². The number of nitrogens with zero attached hydrogens (tertiary/aromatic N) is 2. The van der Waals surface area contributed by atoms with E-state index < -0.39 is 12.1 Å². The molecule has 3 aromatic rings. The van der Waals surface area contributed by atoms with Crippen molar-refractivity contribution in [2.45, 2.75) is 13.0 Å². The Kier molecular flexibility index (Phi) is 4.52. The number of aromatic amines is 1. The quantitative estimate of drug-likeness (QED) is 0.741. The molecule has 2 aromatic carbocycles. The normalized spacial score (nSPS) is 12.0. The van der Waals surface area contributed by atoms with Crippen LogP contribution in [0.5, 0.6) is 0 Å². The lowest BCUT2D eigenvalue weighted by atomic mass is 10.2. The summed E-state index contributed by atoms with van der Waals surface area (Å²) in [6.07, 6.45) is -0.673. The third-order valence-electron chi connectivity index (χ3n) is 3.90. The topological polar surface area (TPSA) is 75.3 Å². The molecule has 1 N–H and O–H groups in total. The van der Waals surface area contributed by atoms with Crippen LogP contribution in [-0.2, 0) is 4.74 Å². The standard InChI is InChI=1S/C19H19N3O3/c1-12(17-20-16-10-5-4-9-15(16)18(23)21-17)25-19(24)13-7-6-8-14(11-13)22(2)3/h4-12H,1-3H3,(H,20,21,23)/t12-/m0/s1. The fraction of sp³-hybridized carbons (Fsp3) is 0.211. The molecule has 0 saturated heterocycles. The maximum absolute atomic E-state index is 12.4. The Labute approximate surface area is 145 Å². The summed E-state index contributed by atoms with van der Waals surface area (Å²) < 4.78 is 5.47. The first-order chi connectivity index (χ1) is 12.0. The largest absolute Gasteiger partial charge is 0.451 e. The van der Waals surface area contributed by atoms with Crippen LogP contribution in [0.25, 0.3) is 10.9 Å². The number of para-hydroxylation sites is 1. The minimum atomic E-state index is -0.673. The van der Waals surface area contributed by atoms with Crippen LogP contribution < -0.4 is 10.5 Å². The van der Waals surface area contributed by atoms with Crippen LogP contribution in [0.4, 0.5) is 5.69 Å². The highest BCUT2D eigenvalue weighted by Crippen LogP contribution is 2.19. The molecule has 1 heterocycles. The van der Waals surface area contributed by atoms with Crippen LogP contribution in [-0.4, -0.2) is 30.0 Å². The number of hydrogen-bond acceptors (Lipinski definition) is 5. The minimum Gasteiger partial charge on any atom is -0.451 e. The SMILES string of the molecule is C[C@H](OC(=O)c1cccc(N(C)C)c1)c1nc2ccccc2c(=O)[nH]1. The molecule has 25 heavy (non-hydrogen) atoms. The van der Waals surface area contributed by atoms with Gasteiger partial charge in [-0.1, -0.05) is 18.2 Å². The van der Waals surface area contributed by atoms with Gasteiger partial charge in [0.1, 0.15) is 0 Å². The number of esters is 1. The number of H-pyrrole nitrogens is 1. The molecule has 1 atom stereocenters. The zero-order valence-corrected chi connectivity index (χ0v) is 14.3. The van der Waals surface area contributed by atoms with E-state index in [4.69, 9.17) is 4.74 Å². The van der Waals surface area contributed by atoms with Crippen molar-refractivity contribution in [1.29, 1.82) is 0 Å². The Hall–Kier alpha value is -3.15. The van der Waals surface area contributed by atoms with E-state index >= 15 is 0 Å². The fourth-order valence-corrected chi connectivity index (χ4v) is 2.49. The van der Waals surface area contributed by atoms with Gasteiger partial charge in [-0.3, -0.25) is 4.79 Å². The number of fused-ring (bicyclic) bond motifs is 1. The molecule has 0 bridgehead atoms. The van der Waals surface area contributed by atoms with E-state index in [1.807, 2.05) is 31.1 Å². The molecular formula is C19H19N3O3. The Bertz CT molecular complexity index is 979. The first-order valence-electron chi connectivity index (χ1n) is 7.93. The van der Waals surface area contributed by atoms with E-state index in [0.717, 1.165) is 5.69 Å². The Morgan fingerprint density at radius 3 is 2.68 bits per heavy atom. The lowest BCUT2D eigenvalue weighted by Crippen LogP contribution is -2.17. The molecule has 6 nitrogen and oxygen atoms in total. The van der Waals surface area contributed by atoms with Gasteiger partial charge in [0, 0.05) is 19.8 Å². The number of benzene rings is 2. The van der Waals surface area contributed by atoms with Crippen molar-refractivity contribution in [3.63, 3.8) is 0 Å². The van der Waals surface area contributed by atoms with E-state index in [0.29, 0.717) is 22.3 Å². The van der Waals surface area contributed by atoms with Gasteiger partial charge in [0.25, 0.3) is 5.56 Å². The molecule has 0 spiro atoms. The van der Waals surface area contributed by atoms with E-state index in [9.17, 15) is 9.59 Å². The number of rotatable bonds is 4. The summed E-state index contributed by atoms with van der Waals surface area (Å²) in [6, 6.07) is 14.2. The van der Waals surface area contributed by atoms with Crippen LogP contribution >= 0.6 is 0 Å². The zero-order valence-electron chi connectivity index (χ0n) is 14.3. The van der Waals surface area contributed by atoms with E-state index in [1.54, 1.807) is 43.3 Å². The maximum Gasteiger partial charge on any atom is 0.338 e. The smallest absolute Gasteiger partial charge is 0.338 e. The van der Waals surface area contributed by atoms with Crippen molar-refractivity contribution in [3.05, 3.63) is 70.3 Å². The molecule has 0 radical (unpaired) electrons.